The molecule has 2 fully saturated rings. The Balaban J connectivity index is 1.34. The van der Waals surface area contributed by atoms with Crippen molar-refractivity contribution in [2.75, 3.05) is 54.5 Å². The zero-order valence-electron chi connectivity index (χ0n) is 21.1. The molecule has 0 bridgehead atoms. The number of carbonyl (C=O) groups excluding carboxylic acids is 1. The van der Waals surface area contributed by atoms with E-state index in [4.69, 9.17) is 14.7 Å². The maximum Gasteiger partial charge on any atom is 0.274 e. The first kappa shape index (κ1) is 24.7. The molecule has 38 heavy (non-hydrogen) atoms. The smallest absolute Gasteiger partial charge is 0.274 e. The van der Waals surface area contributed by atoms with Crippen LogP contribution < -0.4 is 15.1 Å². The third-order valence-electron chi connectivity index (χ3n) is 6.75. The molecule has 6 heterocycles. The van der Waals surface area contributed by atoms with Crippen LogP contribution in [0.5, 0.6) is 0 Å². The van der Waals surface area contributed by atoms with Crippen LogP contribution in [0.25, 0.3) is 21.6 Å². The van der Waals surface area contributed by atoms with Gasteiger partial charge in [-0.25, -0.2) is 9.97 Å². The summed E-state index contributed by atoms with van der Waals surface area (Å²) >= 11 is 1.55. The molecule has 10 nitrogen and oxygen atoms in total. The Labute approximate surface area is 224 Å². The Morgan fingerprint density at radius 3 is 2.79 bits per heavy atom. The predicted molar refractivity (Wildman–Crippen MR) is 148 cm³/mol. The summed E-state index contributed by atoms with van der Waals surface area (Å²) < 4.78 is 6.37. The monoisotopic (exact) mass is 531 g/mol. The lowest BCUT2D eigenvalue weighted by molar-refractivity contribution is 0.102. The second kappa shape index (κ2) is 10.6. The largest absolute Gasteiger partial charge is 0.391 e. The highest BCUT2D eigenvalue weighted by Crippen LogP contribution is 2.35. The zero-order chi connectivity index (χ0) is 26.1. The number of aliphatic hydroxyl groups excluding tert-OH is 1. The number of nitrogens with zero attached hydrogens (tertiary/aromatic N) is 6. The first-order chi connectivity index (χ1) is 18.5. The van der Waals surface area contributed by atoms with Crippen LogP contribution in [0.3, 0.4) is 0 Å². The summed E-state index contributed by atoms with van der Waals surface area (Å²) in [5.41, 5.74) is 4.01. The molecule has 0 saturated carbocycles. The lowest BCUT2D eigenvalue weighted by Crippen LogP contribution is -2.39. The second-order valence-corrected chi connectivity index (χ2v) is 10.6. The van der Waals surface area contributed by atoms with E-state index >= 15 is 0 Å². The molecule has 0 unspecified atom stereocenters. The normalized spacial score (nSPS) is 18.1. The highest BCUT2D eigenvalue weighted by atomic mass is 32.1. The van der Waals surface area contributed by atoms with Crippen molar-refractivity contribution in [2.24, 2.45) is 0 Å². The Kier molecular flexibility index (Phi) is 6.88. The number of fused-ring (bicyclic) bond motifs is 1. The van der Waals surface area contributed by atoms with Crippen LogP contribution in [-0.4, -0.2) is 76.4 Å². The first-order valence-electron chi connectivity index (χ1n) is 12.8. The summed E-state index contributed by atoms with van der Waals surface area (Å²) in [5.74, 6) is 0.292. The SMILES string of the molecule is Cc1cc(-c2cccc(C(=O)Nc3cc4sc(N5CCOCC5)nc4nc3N3CCC[C@@H](O)C3)n2)ccn1. The number of thiazole rings is 1. The van der Waals surface area contributed by atoms with Crippen LogP contribution in [0, 0.1) is 6.92 Å². The molecule has 2 aliphatic rings. The number of hydrogen-bond donors (Lipinski definition) is 2. The summed E-state index contributed by atoms with van der Waals surface area (Å²) in [6, 6.07) is 11.2. The Morgan fingerprint density at radius 2 is 1.97 bits per heavy atom. The molecule has 2 saturated heterocycles. The standard InChI is InChI=1S/C27H29N7O3S/c1-17-14-18(7-8-28-17)20-5-2-6-21(29-20)26(36)30-22-15-23-24(31-25(22)34-9-3-4-19(35)16-34)32-27(38-23)33-10-12-37-13-11-33/h2,5-8,14-15,19,35H,3-4,9-13,16H2,1H3,(H,30,36)/t19-/m1/s1. The summed E-state index contributed by atoms with van der Waals surface area (Å²) in [6.45, 7) is 6.04. The molecule has 1 atom stereocenters. The summed E-state index contributed by atoms with van der Waals surface area (Å²) in [4.78, 5) is 36.2. The molecule has 1 amide bonds. The highest BCUT2D eigenvalue weighted by Gasteiger charge is 2.25. The van der Waals surface area contributed by atoms with Gasteiger partial charge in [0.25, 0.3) is 5.91 Å². The van der Waals surface area contributed by atoms with Gasteiger partial charge in [-0.05, 0) is 50.1 Å². The number of piperidine rings is 1. The fraction of sp³-hybridized carbons (Fsp3) is 0.370. The molecule has 11 heteroatoms. The number of carbonyl (C=O) groups is 1. The van der Waals surface area contributed by atoms with Crippen molar-refractivity contribution in [1.82, 2.24) is 19.9 Å². The van der Waals surface area contributed by atoms with E-state index in [1.807, 2.05) is 42.2 Å². The summed E-state index contributed by atoms with van der Waals surface area (Å²) in [6.07, 6.45) is 2.90. The molecule has 196 valence electrons. The molecular weight excluding hydrogens is 502 g/mol. The molecule has 6 rings (SSSR count). The van der Waals surface area contributed by atoms with Gasteiger partial charge in [0.15, 0.2) is 16.6 Å². The van der Waals surface area contributed by atoms with Crippen molar-refractivity contribution in [2.45, 2.75) is 25.9 Å². The number of anilines is 3. The quantitative estimate of drug-likeness (QED) is 0.399. The van der Waals surface area contributed by atoms with E-state index in [9.17, 15) is 9.90 Å². The predicted octanol–water partition coefficient (Wildman–Crippen LogP) is 3.51. The molecule has 4 aromatic rings. The topological polar surface area (TPSA) is 117 Å². The van der Waals surface area contributed by atoms with Crippen LogP contribution in [0.4, 0.5) is 16.6 Å². The van der Waals surface area contributed by atoms with Gasteiger partial charge >= 0.3 is 0 Å². The van der Waals surface area contributed by atoms with Gasteiger partial charge in [-0.1, -0.05) is 17.4 Å². The van der Waals surface area contributed by atoms with Crippen LogP contribution >= 0.6 is 11.3 Å². The lowest BCUT2D eigenvalue weighted by atomic mass is 10.1. The van der Waals surface area contributed by atoms with Crippen molar-refractivity contribution in [3.63, 3.8) is 0 Å². The van der Waals surface area contributed by atoms with Crippen molar-refractivity contribution in [3.8, 4) is 11.3 Å². The molecule has 4 aromatic heterocycles. The number of amides is 1. The second-order valence-electron chi connectivity index (χ2n) is 9.57. The van der Waals surface area contributed by atoms with Gasteiger partial charge in [-0.2, -0.15) is 4.98 Å². The van der Waals surface area contributed by atoms with Gasteiger partial charge in [0, 0.05) is 43.6 Å². The molecule has 0 spiro atoms. The van der Waals surface area contributed by atoms with Crippen molar-refractivity contribution in [3.05, 3.63) is 54.0 Å². The summed E-state index contributed by atoms with van der Waals surface area (Å²) in [7, 11) is 0. The minimum absolute atomic E-state index is 0.306. The average Bonchev–Trinajstić information content (AvgIpc) is 3.36. The zero-order valence-corrected chi connectivity index (χ0v) is 21.9. The maximum absolute atomic E-state index is 13.4. The Hall–Kier alpha value is -3.67. The van der Waals surface area contributed by atoms with Crippen molar-refractivity contribution >= 4 is 44.2 Å². The number of aliphatic hydroxyl groups is 1. The van der Waals surface area contributed by atoms with Crippen molar-refractivity contribution < 1.29 is 14.6 Å². The third-order valence-corrected chi connectivity index (χ3v) is 7.80. The highest BCUT2D eigenvalue weighted by molar-refractivity contribution is 7.22. The Morgan fingerprint density at radius 1 is 1.11 bits per heavy atom. The van der Waals surface area contributed by atoms with Crippen LogP contribution in [0.15, 0.2) is 42.6 Å². The van der Waals surface area contributed by atoms with Gasteiger partial charge in [0.1, 0.15) is 5.69 Å². The minimum atomic E-state index is -0.439. The molecule has 0 aromatic carbocycles. The van der Waals surface area contributed by atoms with Crippen LogP contribution in [0.2, 0.25) is 0 Å². The number of morpholine rings is 1. The number of pyridine rings is 3. The number of aryl methyl sites for hydroxylation is 1. The van der Waals surface area contributed by atoms with Gasteiger partial charge in [-0.3, -0.25) is 9.78 Å². The number of nitrogens with one attached hydrogen (secondary N) is 1. The van der Waals surface area contributed by atoms with Gasteiger partial charge in [0.2, 0.25) is 0 Å². The van der Waals surface area contributed by atoms with E-state index in [0.29, 0.717) is 48.3 Å². The maximum atomic E-state index is 13.4. The van der Waals surface area contributed by atoms with E-state index in [2.05, 4.69) is 20.2 Å². The number of rotatable bonds is 5. The van der Waals surface area contributed by atoms with E-state index in [-0.39, 0.29) is 5.91 Å². The van der Waals surface area contributed by atoms with Crippen LogP contribution in [-0.2, 0) is 4.74 Å². The van der Waals surface area contributed by atoms with E-state index < -0.39 is 6.10 Å². The number of β-amino-alcohol motifs (C(OH)–C–C–N with tert-alkyl or cyclic N) is 1. The third kappa shape index (κ3) is 5.17. The van der Waals surface area contributed by atoms with Crippen LogP contribution in [0.1, 0.15) is 29.0 Å². The van der Waals surface area contributed by atoms with E-state index in [0.717, 1.165) is 53.6 Å². The van der Waals surface area contributed by atoms with Crippen molar-refractivity contribution in [1.29, 1.82) is 0 Å². The minimum Gasteiger partial charge on any atom is -0.391 e. The lowest BCUT2D eigenvalue weighted by Gasteiger charge is -2.32. The fourth-order valence-corrected chi connectivity index (χ4v) is 5.83. The molecular formula is C27H29N7O3S. The van der Waals surface area contributed by atoms with E-state index in [1.54, 1.807) is 23.6 Å². The number of hydrogen-bond acceptors (Lipinski definition) is 10. The first-order valence-corrected chi connectivity index (χ1v) is 13.6. The molecule has 2 N–H and O–H groups in total. The number of aromatic nitrogens is 4. The number of ether oxygens (including phenoxy) is 1. The Bertz CT molecular complexity index is 1470. The molecule has 0 aliphatic carbocycles. The summed E-state index contributed by atoms with van der Waals surface area (Å²) in [5, 5.41) is 14.3. The fourth-order valence-electron chi connectivity index (χ4n) is 4.83. The van der Waals surface area contributed by atoms with Gasteiger partial charge in [-0.15, -0.1) is 0 Å². The average molecular weight is 532 g/mol. The molecule has 0 radical (unpaired) electrons. The van der Waals surface area contributed by atoms with E-state index in [1.165, 1.54) is 0 Å². The molecule has 2 aliphatic heterocycles. The van der Waals surface area contributed by atoms with Gasteiger partial charge < -0.3 is 25.0 Å². The van der Waals surface area contributed by atoms with Gasteiger partial charge in [0.05, 0.1) is 35.4 Å².